The van der Waals surface area contributed by atoms with E-state index in [0.29, 0.717) is 0 Å². The fourth-order valence-electron chi connectivity index (χ4n) is 2.83. The highest BCUT2D eigenvalue weighted by atomic mass is 14.5. The second-order valence-corrected chi connectivity index (χ2v) is 4.81. The lowest BCUT2D eigenvalue weighted by atomic mass is 9.85. The van der Waals surface area contributed by atoms with Crippen molar-refractivity contribution in [2.45, 2.75) is 60.8 Å². The van der Waals surface area contributed by atoms with Crippen LogP contribution >= 0.6 is 0 Å². The molecule has 0 spiro atoms. The second-order valence-electron chi connectivity index (χ2n) is 4.81. The van der Waals surface area contributed by atoms with Crippen LogP contribution in [0.5, 0.6) is 0 Å². The van der Waals surface area contributed by atoms with Crippen LogP contribution < -0.4 is 0 Å². The Morgan fingerprint density at radius 2 is 1.53 bits per heavy atom. The molecule has 0 aromatic rings. The van der Waals surface area contributed by atoms with Crippen LogP contribution in [0, 0.1) is 11.8 Å². The average Bonchev–Trinajstić information content (AvgIpc) is 3.17. The van der Waals surface area contributed by atoms with Gasteiger partial charge in [-0.1, -0.05) is 51.0 Å². The van der Waals surface area contributed by atoms with E-state index in [-0.39, 0.29) is 0 Å². The molecule has 0 radical (unpaired) electrons. The fourth-order valence-corrected chi connectivity index (χ4v) is 2.83. The van der Waals surface area contributed by atoms with E-state index in [0.717, 1.165) is 11.8 Å². The van der Waals surface area contributed by atoms with E-state index in [1.807, 2.05) is 27.7 Å². The van der Waals surface area contributed by atoms with Gasteiger partial charge in [-0.25, -0.2) is 0 Å². The summed E-state index contributed by atoms with van der Waals surface area (Å²) >= 11 is 0. The first-order chi connectivity index (χ1) is 8.25. The maximum Gasteiger partial charge on any atom is -0.00875 e. The quantitative estimate of drug-likeness (QED) is 0.504. The standard InChI is InChI=1S/C13H16.2C2H6/c1-8-3-4-10-6-9(2)11-7-13(11)12(10)5-8;2*1-2/h5-6,11,13H,3-4,7H2,1-2H3;2*1-2H3. The predicted octanol–water partition coefficient (Wildman–Crippen LogP) is 5.67. The number of allylic oxidation sites excluding steroid dienone is 6. The largest absolute Gasteiger partial charge is 0.0727 e. The third-order valence-electron chi connectivity index (χ3n) is 3.74. The van der Waals surface area contributed by atoms with Crippen LogP contribution in [-0.4, -0.2) is 0 Å². The summed E-state index contributed by atoms with van der Waals surface area (Å²) in [6.07, 6.45) is 8.89. The van der Waals surface area contributed by atoms with E-state index in [9.17, 15) is 0 Å². The van der Waals surface area contributed by atoms with Gasteiger partial charge in [-0.05, 0) is 56.1 Å². The van der Waals surface area contributed by atoms with E-state index < -0.39 is 0 Å². The summed E-state index contributed by atoms with van der Waals surface area (Å²) in [4.78, 5) is 0. The molecule has 3 aliphatic carbocycles. The Hall–Kier alpha value is -0.780. The maximum atomic E-state index is 2.45. The van der Waals surface area contributed by atoms with Gasteiger partial charge in [-0.3, -0.25) is 0 Å². The van der Waals surface area contributed by atoms with Crippen LogP contribution in [0.25, 0.3) is 0 Å². The van der Waals surface area contributed by atoms with Crippen LogP contribution in [0.4, 0.5) is 0 Å². The first-order valence-electron chi connectivity index (χ1n) is 7.34. The van der Waals surface area contributed by atoms with Crippen molar-refractivity contribution in [2.24, 2.45) is 11.8 Å². The molecule has 1 saturated carbocycles. The molecule has 0 aliphatic heterocycles. The lowest BCUT2D eigenvalue weighted by Gasteiger charge is -2.20. The van der Waals surface area contributed by atoms with Gasteiger partial charge in [0.25, 0.3) is 0 Å². The molecule has 0 heterocycles. The fraction of sp³-hybridized carbons (Fsp3) is 0.647. The molecular formula is C17H28. The molecule has 0 heteroatoms. The normalized spacial score (nSPS) is 28.4. The summed E-state index contributed by atoms with van der Waals surface area (Å²) in [7, 11) is 0. The molecule has 96 valence electrons. The molecule has 1 fully saturated rings. The Labute approximate surface area is 108 Å². The molecule has 0 amide bonds. The minimum absolute atomic E-state index is 0.912. The summed E-state index contributed by atoms with van der Waals surface area (Å²) in [6, 6.07) is 0. The molecule has 3 aliphatic rings. The first-order valence-corrected chi connectivity index (χ1v) is 7.34. The average molecular weight is 232 g/mol. The predicted molar refractivity (Wildman–Crippen MR) is 78.1 cm³/mol. The highest BCUT2D eigenvalue weighted by Crippen LogP contribution is 2.54. The summed E-state index contributed by atoms with van der Waals surface area (Å²) < 4.78 is 0. The van der Waals surface area contributed by atoms with Crippen molar-refractivity contribution in [2.75, 3.05) is 0 Å². The Balaban J connectivity index is 0.000000330. The van der Waals surface area contributed by atoms with Crippen LogP contribution in [0.3, 0.4) is 0 Å². The number of hydrogen-bond donors (Lipinski definition) is 0. The molecular weight excluding hydrogens is 204 g/mol. The van der Waals surface area contributed by atoms with Gasteiger partial charge in [0.05, 0.1) is 0 Å². The zero-order chi connectivity index (χ0) is 13.0. The molecule has 2 unspecified atom stereocenters. The van der Waals surface area contributed by atoms with E-state index in [4.69, 9.17) is 0 Å². The molecule has 0 N–H and O–H groups in total. The molecule has 0 aromatic heterocycles. The van der Waals surface area contributed by atoms with Crippen molar-refractivity contribution in [3.63, 3.8) is 0 Å². The zero-order valence-electron chi connectivity index (χ0n) is 12.4. The van der Waals surface area contributed by atoms with Gasteiger partial charge in [-0.2, -0.15) is 0 Å². The van der Waals surface area contributed by atoms with Crippen molar-refractivity contribution < 1.29 is 0 Å². The number of rotatable bonds is 0. The molecule has 0 aromatic carbocycles. The van der Waals surface area contributed by atoms with Gasteiger partial charge < -0.3 is 0 Å². The smallest absolute Gasteiger partial charge is 0.00875 e. The minimum Gasteiger partial charge on any atom is -0.0727 e. The number of fused-ring (bicyclic) bond motifs is 2. The SMILES string of the molecule is CC.CC.CC1=CC2=C(C=C(C)C3CC23)CC1. The van der Waals surface area contributed by atoms with Crippen LogP contribution in [0.2, 0.25) is 0 Å². The monoisotopic (exact) mass is 232 g/mol. The van der Waals surface area contributed by atoms with Crippen molar-refractivity contribution in [3.8, 4) is 0 Å². The van der Waals surface area contributed by atoms with Crippen LogP contribution in [-0.2, 0) is 0 Å². The Kier molecular flexibility index (Phi) is 5.24. The number of hydrogen-bond acceptors (Lipinski definition) is 0. The van der Waals surface area contributed by atoms with E-state index in [1.165, 1.54) is 19.3 Å². The van der Waals surface area contributed by atoms with Gasteiger partial charge in [0, 0.05) is 0 Å². The minimum atomic E-state index is 0.912. The summed E-state index contributed by atoms with van der Waals surface area (Å²) in [5.41, 5.74) is 6.54. The van der Waals surface area contributed by atoms with Crippen LogP contribution in [0.1, 0.15) is 60.8 Å². The maximum absolute atomic E-state index is 2.45. The molecule has 2 atom stereocenters. The van der Waals surface area contributed by atoms with Crippen LogP contribution in [0.15, 0.2) is 34.4 Å². The van der Waals surface area contributed by atoms with Crippen molar-refractivity contribution in [1.29, 1.82) is 0 Å². The summed E-state index contributed by atoms with van der Waals surface area (Å²) in [6.45, 7) is 12.6. The highest BCUT2D eigenvalue weighted by Gasteiger charge is 2.43. The van der Waals surface area contributed by atoms with Gasteiger partial charge in [-0.15, -0.1) is 0 Å². The third kappa shape index (κ3) is 2.91. The molecule has 3 rings (SSSR count). The second kappa shape index (κ2) is 6.23. The van der Waals surface area contributed by atoms with E-state index >= 15 is 0 Å². The topological polar surface area (TPSA) is 0 Å². The molecule has 0 nitrogen and oxygen atoms in total. The Morgan fingerprint density at radius 1 is 0.882 bits per heavy atom. The lowest BCUT2D eigenvalue weighted by molar-refractivity contribution is 0.803. The van der Waals surface area contributed by atoms with Crippen molar-refractivity contribution in [3.05, 3.63) is 34.4 Å². The zero-order valence-corrected chi connectivity index (χ0v) is 12.4. The van der Waals surface area contributed by atoms with Gasteiger partial charge in [0.1, 0.15) is 0 Å². The van der Waals surface area contributed by atoms with Gasteiger partial charge in [0.15, 0.2) is 0 Å². The first kappa shape index (κ1) is 14.3. The van der Waals surface area contributed by atoms with Crippen molar-refractivity contribution >= 4 is 0 Å². The Morgan fingerprint density at radius 3 is 2.18 bits per heavy atom. The highest BCUT2D eigenvalue weighted by molar-refractivity contribution is 5.49. The summed E-state index contributed by atoms with van der Waals surface area (Å²) in [5.74, 6) is 1.83. The molecule has 0 saturated heterocycles. The third-order valence-corrected chi connectivity index (χ3v) is 3.74. The van der Waals surface area contributed by atoms with Crippen molar-refractivity contribution in [1.82, 2.24) is 0 Å². The van der Waals surface area contributed by atoms with E-state index in [1.54, 1.807) is 22.3 Å². The summed E-state index contributed by atoms with van der Waals surface area (Å²) in [5, 5.41) is 0. The lowest BCUT2D eigenvalue weighted by Crippen LogP contribution is -2.04. The molecule has 17 heavy (non-hydrogen) atoms. The van der Waals surface area contributed by atoms with Gasteiger partial charge in [0.2, 0.25) is 0 Å². The van der Waals surface area contributed by atoms with E-state index in [2.05, 4.69) is 26.0 Å². The van der Waals surface area contributed by atoms with Gasteiger partial charge >= 0.3 is 0 Å². The Bertz CT molecular complexity index is 352. The molecule has 0 bridgehead atoms.